The third-order valence-electron chi connectivity index (χ3n) is 4.00. The maximum absolute atomic E-state index is 5.03. The second-order valence-electron chi connectivity index (χ2n) is 5.54. The van der Waals surface area contributed by atoms with Crippen LogP contribution in [0.2, 0.25) is 0 Å². The fourth-order valence-electron chi connectivity index (χ4n) is 2.70. The first-order valence-corrected chi connectivity index (χ1v) is 7.91. The highest BCUT2D eigenvalue weighted by Gasteiger charge is 2.17. The largest absolute Gasteiger partial charge is 0.385 e. The minimum atomic E-state index is 0.780. The second-order valence-corrected chi connectivity index (χ2v) is 5.54. The number of aliphatic imine (C=N–C) groups is 1. The molecule has 0 bridgehead atoms. The topological polar surface area (TPSA) is 48.9 Å². The zero-order chi connectivity index (χ0) is 14.6. The van der Waals surface area contributed by atoms with E-state index in [1.807, 2.05) is 7.05 Å². The Kier molecular flexibility index (Phi) is 9.41. The van der Waals surface area contributed by atoms with E-state index in [1.165, 1.54) is 32.1 Å². The van der Waals surface area contributed by atoms with Gasteiger partial charge in [-0.15, -0.1) is 0 Å². The average Bonchev–Trinajstić information content (AvgIpc) is 2.50. The van der Waals surface area contributed by atoms with E-state index in [-0.39, 0.29) is 0 Å². The van der Waals surface area contributed by atoms with E-state index in [0.29, 0.717) is 0 Å². The van der Waals surface area contributed by atoms with Crippen molar-refractivity contribution < 1.29 is 4.74 Å². The molecule has 118 valence electrons. The zero-order valence-electron chi connectivity index (χ0n) is 13.5. The Morgan fingerprint density at radius 3 is 2.55 bits per heavy atom. The summed E-state index contributed by atoms with van der Waals surface area (Å²) in [6, 6.07) is 0.780. The lowest BCUT2D eigenvalue weighted by Gasteiger charge is -2.31. The minimum Gasteiger partial charge on any atom is -0.385 e. The Balaban J connectivity index is 2.10. The highest BCUT2D eigenvalue weighted by molar-refractivity contribution is 5.79. The molecule has 0 saturated heterocycles. The van der Waals surface area contributed by atoms with Crippen molar-refractivity contribution in [2.75, 3.05) is 47.4 Å². The predicted molar refractivity (Wildman–Crippen MR) is 85.4 cm³/mol. The normalized spacial score (nSPS) is 17.5. The van der Waals surface area contributed by atoms with Gasteiger partial charge >= 0.3 is 0 Å². The zero-order valence-corrected chi connectivity index (χ0v) is 13.5. The molecule has 0 spiro atoms. The molecule has 5 nitrogen and oxygen atoms in total. The van der Waals surface area contributed by atoms with Crippen LogP contribution in [0.4, 0.5) is 0 Å². The Morgan fingerprint density at radius 1 is 1.20 bits per heavy atom. The van der Waals surface area contributed by atoms with Crippen LogP contribution in [0, 0.1) is 0 Å². The first kappa shape index (κ1) is 17.2. The Hall–Kier alpha value is -0.810. The van der Waals surface area contributed by atoms with E-state index in [9.17, 15) is 0 Å². The summed E-state index contributed by atoms with van der Waals surface area (Å²) in [4.78, 5) is 6.72. The van der Waals surface area contributed by atoms with Crippen LogP contribution in [-0.2, 0) is 4.74 Å². The van der Waals surface area contributed by atoms with E-state index in [4.69, 9.17) is 4.74 Å². The first-order valence-electron chi connectivity index (χ1n) is 7.91. The van der Waals surface area contributed by atoms with E-state index in [2.05, 4.69) is 27.6 Å². The number of ether oxygens (including phenoxy) is 1. The number of likely N-dealkylation sites (N-methyl/N-ethyl adjacent to an activating group) is 1. The van der Waals surface area contributed by atoms with E-state index in [1.54, 1.807) is 7.11 Å². The first-order chi connectivity index (χ1) is 9.77. The summed E-state index contributed by atoms with van der Waals surface area (Å²) in [5.41, 5.74) is 0. The van der Waals surface area contributed by atoms with Crippen molar-refractivity contribution in [3.63, 3.8) is 0 Å². The van der Waals surface area contributed by atoms with Gasteiger partial charge in [-0.1, -0.05) is 19.3 Å². The lowest BCUT2D eigenvalue weighted by Crippen LogP contribution is -2.43. The molecular formula is C15H32N4O. The number of hydrogen-bond acceptors (Lipinski definition) is 3. The lowest BCUT2D eigenvalue weighted by molar-refractivity contribution is 0.194. The number of nitrogens with one attached hydrogen (secondary N) is 2. The van der Waals surface area contributed by atoms with Crippen molar-refractivity contribution >= 4 is 5.96 Å². The molecule has 0 aliphatic heterocycles. The van der Waals surface area contributed by atoms with Gasteiger partial charge in [0.25, 0.3) is 0 Å². The SMILES string of the molecule is CN=C(NCCCOC)NCCN(C)C1CCCCC1. The molecule has 0 aromatic heterocycles. The van der Waals surface area contributed by atoms with Crippen molar-refractivity contribution in [3.8, 4) is 0 Å². The number of guanidine groups is 1. The number of hydrogen-bond donors (Lipinski definition) is 2. The smallest absolute Gasteiger partial charge is 0.191 e. The molecule has 0 heterocycles. The monoisotopic (exact) mass is 284 g/mol. The van der Waals surface area contributed by atoms with Gasteiger partial charge in [-0.3, -0.25) is 4.99 Å². The van der Waals surface area contributed by atoms with Gasteiger partial charge in [-0.05, 0) is 26.3 Å². The van der Waals surface area contributed by atoms with Gasteiger partial charge in [0.2, 0.25) is 0 Å². The summed E-state index contributed by atoms with van der Waals surface area (Å²) in [5.74, 6) is 0.887. The van der Waals surface area contributed by atoms with Crippen LogP contribution in [0.25, 0.3) is 0 Å². The molecule has 0 amide bonds. The standard InChI is InChI=1S/C15H32N4O/c1-16-15(17-10-7-13-20-3)18-11-12-19(2)14-8-5-4-6-9-14/h14H,4-13H2,1-3H3,(H2,16,17,18). The number of rotatable bonds is 8. The summed E-state index contributed by atoms with van der Waals surface area (Å²) in [6.07, 6.45) is 7.93. The van der Waals surface area contributed by atoms with Crippen molar-refractivity contribution in [1.82, 2.24) is 15.5 Å². The second kappa shape index (κ2) is 10.9. The molecule has 20 heavy (non-hydrogen) atoms. The highest BCUT2D eigenvalue weighted by Crippen LogP contribution is 2.21. The van der Waals surface area contributed by atoms with Gasteiger partial charge < -0.3 is 20.3 Å². The highest BCUT2D eigenvalue weighted by atomic mass is 16.5. The predicted octanol–water partition coefficient (Wildman–Crippen LogP) is 1.45. The van der Waals surface area contributed by atoms with Crippen LogP contribution in [0.1, 0.15) is 38.5 Å². The quantitative estimate of drug-likeness (QED) is 0.402. The van der Waals surface area contributed by atoms with E-state index < -0.39 is 0 Å². The van der Waals surface area contributed by atoms with Crippen molar-refractivity contribution in [2.45, 2.75) is 44.6 Å². The number of nitrogens with zero attached hydrogens (tertiary/aromatic N) is 2. The Labute approximate surface area is 124 Å². The molecule has 0 aromatic rings. The molecule has 2 N–H and O–H groups in total. The minimum absolute atomic E-state index is 0.780. The number of methoxy groups -OCH3 is 1. The maximum Gasteiger partial charge on any atom is 0.191 e. The molecule has 5 heteroatoms. The molecule has 1 aliphatic carbocycles. The van der Waals surface area contributed by atoms with Gasteiger partial charge in [-0.2, -0.15) is 0 Å². The summed E-state index contributed by atoms with van der Waals surface area (Å²) in [6.45, 7) is 3.70. The molecule has 1 saturated carbocycles. The Bertz CT molecular complexity index is 265. The molecule has 0 aromatic carbocycles. The summed E-state index contributed by atoms with van der Waals surface area (Å²) in [5, 5.41) is 6.67. The van der Waals surface area contributed by atoms with Crippen molar-refractivity contribution in [3.05, 3.63) is 0 Å². The third kappa shape index (κ3) is 7.10. The van der Waals surface area contributed by atoms with Gasteiger partial charge in [0.1, 0.15) is 0 Å². The van der Waals surface area contributed by atoms with Crippen LogP contribution in [-0.4, -0.2) is 64.3 Å². The average molecular weight is 284 g/mol. The fourth-order valence-corrected chi connectivity index (χ4v) is 2.70. The van der Waals surface area contributed by atoms with Crippen LogP contribution in [0.5, 0.6) is 0 Å². The van der Waals surface area contributed by atoms with Crippen molar-refractivity contribution in [2.24, 2.45) is 4.99 Å². The molecular weight excluding hydrogens is 252 g/mol. The van der Waals surface area contributed by atoms with Crippen LogP contribution in [0.3, 0.4) is 0 Å². The summed E-state index contributed by atoms with van der Waals surface area (Å²) < 4.78 is 5.03. The molecule has 1 fully saturated rings. The van der Waals surface area contributed by atoms with E-state index >= 15 is 0 Å². The Morgan fingerprint density at radius 2 is 1.90 bits per heavy atom. The third-order valence-corrected chi connectivity index (χ3v) is 4.00. The van der Waals surface area contributed by atoms with E-state index in [0.717, 1.165) is 44.7 Å². The van der Waals surface area contributed by atoms with Gasteiger partial charge in [0, 0.05) is 46.4 Å². The van der Waals surface area contributed by atoms with Gasteiger partial charge in [0.15, 0.2) is 5.96 Å². The van der Waals surface area contributed by atoms with Crippen LogP contribution in [0.15, 0.2) is 4.99 Å². The fraction of sp³-hybridized carbons (Fsp3) is 0.933. The van der Waals surface area contributed by atoms with Gasteiger partial charge in [-0.25, -0.2) is 0 Å². The molecule has 0 atom stereocenters. The lowest BCUT2D eigenvalue weighted by atomic mass is 9.94. The molecule has 1 aliphatic rings. The molecule has 0 radical (unpaired) electrons. The maximum atomic E-state index is 5.03. The van der Waals surface area contributed by atoms with Crippen LogP contribution < -0.4 is 10.6 Å². The van der Waals surface area contributed by atoms with Gasteiger partial charge in [0.05, 0.1) is 0 Å². The van der Waals surface area contributed by atoms with Crippen LogP contribution >= 0.6 is 0 Å². The molecule has 1 rings (SSSR count). The summed E-state index contributed by atoms with van der Waals surface area (Å²) in [7, 11) is 5.79. The molecule has 0 unspecified atom stereocenters. The summed E-state index contributed by atoms with van der Waals surface area (Å²) >= 11 is 0. The van der Waals surface area contributed by atoms with Crippen molar-refractivity contribution in [1.29, 1.82) is 0 Å².